The van der Waals surface area contributed by atoms with Crippen LogP contribution in [0.15, 0.2) is 60.0 Å². The van der Waals surface area contributed by atoms with E-state index in [1.54, 1.807) is 17.5 Å². The van der Waals surface area contributed by atoms with E-state index in [0.29, 0.717) is 23.8 Å². The van der Waals surface area contributed by atoms with Crippen molar-refractivity contribution < 1.29 is 9.59 Å². The molecule has 0 unspecified atom stereocenters. The van der Waals surface area contributed by atoms with Gasteiger partial charge in [-0.1, -0.05) is 42.5 Å². The molecular formula is C21H19N3O2S. The fourth-order valence-electron chi connectivity index (χ4n) is 2.64. The summed E-state index contributed by atoms with van der Waals surface area (Å²) in [5, 5.41) is 8.36. The fourth-order valence-corrected chi connectivity index (χ4v) is 3.45. The Kier molecular flexibility index (Phi) is 4.98. The van der Waals surface area contributed by atoms with Crippen LogP contribution in [0, 0.1) is 0 Å². The van der Waals surface area contributed by atoms with Gasteiger partial charge in [-0.05, 0) is 30.5 Å². The standard InChI is InChI=1S/C21H19N3O2S/c25-19(23-17-10-11-17)15-6-8-16(9-7-15)21-24-18(13-27-21)20(26)22-12-14-4-2-1-3-5-14/h1-9,13,17H,10-12H2,(H,22,26)(H,23,25). The molecule has 0 aliphatic heterocycles. The zero-order chi connectivity index (χ0) is 18.6. The van der Waals surface area contributed by atoms with Crippen LogP contribution < -0.4 is 10.6 Å². The van der Waals surface area contributed by atoms with Gasteiger partial charge in [-0.15, -0.1) is 11.3 Å². The minimum atomic E-state index is -0.193. The SMILES string of the molecule is O=C(NC1CC1)c1ccc(-c2nc(C(=O)NCc3ccccc3)cs2)cc1. The number of amides is 2. The lowest BCUT2D eigenvalue weighted by Crippen LogP contribution is -2.25. The molecule has 1 heterocycles. The molecule has 6 heteroatoms. The summed E-state index contributed by atoms with van der Waals surface area (Å²) in [6.45, 7) is 0.470. The zero-order valence-electron chi connectivity index (χ0n) is 14.6. The Labute approximate surface area is 161 Å². The van der Waals surface area contributed by atoms with Gasteiger partial charge in [-0.3, -0.25) is 9.59 Å². The predicted octanol–water partition coefficient (Wildman–Crippen LogP) is 3.63. The minimum absolute atomic E-state index is 0.0378. The van der Waals surface area contributed by atoms with Gasteiger partial charge in [0.25, 0.3) is 11.8 Å². The number of hydrogen-bond acceptors (Lipinski definition) is 4. The molecule has 0 bridgehead atoms. The smallest absolute Gasteiger partial charge is 0.271 e. The maximum atomic E-state index is 12.3. The fraction of sp³-hybridized carbons (Fsp3) is 0.190. The first-order valence-electron chi connectivity index (χ1n) is 8.88. The number of carbonyl (C=O) groups excluding carboxylic acids is 2. The second kappa shape index (κ2) is 7.72. The van der Waals surface area contributed by atoms with Gasteiger partial charge >= 0.3 is 0 Å². The van der Waals surface area contributed by atoms with E-state index in [1.165, 1.54) is 11.3 Å². The number of benzene rings is 2. The molecule has 27 heavy (non-hydrogen) atoms. The third kappa shape index (κ3) is 4.41. The van der Waals surface area contributed by atoms with Crippen LogP contribution in [-0.2, 0) is 6.54 Å². The topological polar surface area (TPSA) is 71.1 Å². The molecule has 0 radical (unpaired) electrons. The van der Waals surface area contributed by atoms with Gasteiger partial charge in [-0.2, -0.15) is 0 Å². The Morgan fingerprint density at radius 1 is 1.00 bits per heavy atom. The first kappa shape index (κ1) is 17.4. The van der Waals surface area contributed by atoms with Crippen LogP contribution in [0.5, 0.6) is 0 Å². The number of nitrogens with one attached hydrogen (secondary N) is 2. The van der Waals surface area contributed by atoms with Crippen LogP contribution in [0.2, 0.25) is 0 Å². The second-order valence-corrected chi connectivity index (χ2v) is 7.39. The molecule has 1 aliphatic carbocycles. The first-order chi connectivity index (χ1) is 13.2. The highest BCUT2D eigenvalue weighted by Gasteiger charge is 2.23. The molecule has 2 amide bonds. The van der Waals surface area contributed by atoms with Crippen molar-refractivity contribution in [3.05, 3.63) is 76.8 Å². The van der Waals surface area contributed by atoms with Crippen molar-refractivity contribution in [1.82, 2.24) is 15.6 Å². The number of thiazole rings is 1. The maximum absolute atomic E-state index is 12.3. The molecule has 2 N–H and O–H groups in total. The molecule has 136 valence electrons. The molecule has 4 rings (SSSR count). The number of aromatic nitrogens is 1. The van der Waals surface area contributed by atoms with Crippen LogP contribution in [0.3, 0.4) is 0 Å². The van der Waals surface area contributed by atoms with E-state index in [2.05, 4.69) is 15.6 Å². The molecule has 1 aliphatic rings. The largest absolute Gasteiger partial charge is 0.349 e. The highest BCUT2D eigenvalue weighted by Crippen LogP contribution is 2.25. The maximum Gasteiger partial charge on any atom is 0.271 e. The van der Waals surface area contributed by atoms with Crippen molar-refractivity contribution >= 4 is 23.2 Å². The second-order valence-electron chi connectivity index (χ2n) is 6.53. The number of carbonyl (C=O) groups is 2. The average molecular weight is 377 g/mol. The highest BCUT2D eigenvalue weighted by atomic mass is 32.1. The van der Waals surface area contributed by atoms with Crippen molar-refractivity contribution in [2.75, 3.05) is 0 Å². The number of hydrogen-bond donors (Lipinski definition) is 2. The Balaban J connectivity index is 1.39. The van der Waals surface area contributed by atoms with Gasteiger partial charge in [-0.25, -0.2) is 4.98 Å². The molecule has 1 fully saturated rings. The normalized spacial score (nSPS) is 13.2. The highest BCUT2D eigenvalue weighted by molar-refractivity contribution is 7.13. The molecule has 5 nitrogen and oxygen atoms in total. The first-order valence-corrected chi connectivity index (χ1v) is 9.76. The van der Waals surface area contributed by atoms with Gasteiger partial charge in [0, 0.05) is 29.1 Å². The van der Waals surface area contributed by atoms with Crippen LogP contribution >= 0.6 is 11.3 Å². The van der Waals surface area contributed by atoms with Gasteiger partial charge in [0.1, 0.15) is 10.7 Å². The van der Waals surface area contributed by atoms with Crippen molar-refractivity contribution in [3.8, 4) is 10.6 Å². The van der Waals surface area contributed by atoms with E-state index in [9.17, 15) is 9.59 Å². The predicted molar refractivity (Wildman–Crippen MR) is 106 cm³/mol. The summed E-state index contributed by atoms with van der Waals surface area (Å²) in [6.07, 6.45) is 2.14. The Morgan fingerprint density at radius 3 is 2.44 bits per heavy atom. The summed E-state index contributed by atoms with van der Waals surface area (Å²) < 4.78 is 0. The van der Waals surface area contributed by atoms with Crippen LogP contribution in [-0.4, -0.2) is 22.8 Å². The summed E-state index contributed by atoms with van der Waals surface area (Å²) >= 11 is 1.42. The van der Waals surface area contributed by atoms with Crippen LogP contribution in [0.1, 0.15) is 39.3 Å². The van der Waals surface area contributed by atoms with E-state index >= 15 is 0 Å². The van der Waals surface area contributed by atoms with Gasteiger partial charge < -0.3 is 10.6 Å². The molecule has 2 aromatic carbocycles. The lowest BCUT2D eigenvalue weighted by atomic mass is 10.1. The Bertz CT molecular complexity index is 947. The van der Waals surface area contributed by atoms with Crippen LogP contribution in [0.4, 0.5) is 0 Å². The number of rotatable bonds is 6. The third-order valence-electron chi connectivity index (χ3n) is 4.34. The third-order valence-corrected chi connectivity index (χ3v) is 5.23. The monoisotopic (exact) mass is 377 g/mol. The molecule has 1 saturated carbocycles. The summed E-state index contributed by atoms with van der Waals surface area (Å²) in [5.41, 5.74) is 2.98. The zero-order valence-corrected chi connectivity index (χ0v) is 15.5. The summed E-state index contributed by atoms with van der Waals surface area (Å²) in [6, 6.07) is 17.4. The van der Waals surface area contributed by atoms with Crippen molar-refractivity contribution in [2.45, 2.75) is 25.4 Å². The van der Waals surface area contributed by atoms with Gasteiger partial charge in [0.15, 0.2) is 0 Å². The summed E-state index contributed by atoms with van der Waals surface area (Å²) in [4.78, 5) is 28.8. The Hall–Kier alpha value is -2.99. The van der Waals surface area contributed by atoms with E-state index in [0.717, 1.165) is 29.0 Å². The summed E-state index contributed by atoms with van der Waals surface area (Å²) in [7, 11) is 0. The molecule has 1 aromatic heterocycles. The van der Waals surface area contributed by atoms with E-state index in [-0.39, 0.29) is 11.8 Å². The minimum Gasteiger partial charge on any atom is -0.349 e. The molecule has 0 saturated heterocycles. The van der Waals surface area contributed by atoms with E-state index in [4.69, 9.17) is 0 Å². The van der Waals surface area contributed by atoms with Gasteiger partial charge in [0.05, 0.1) is 0 Å². The van der Waals surface area contributed by atoms with E-state index < -0.39 is 0 Å². The van der Waals surface area contributed by atoms with Crippen molar-refractivity contribution in [1.29, 1.82) is 0 Å². The Morgan fingerprint density at radius 2 is 1.74 bits per heavy atom. The molecular weight excluding hydrogens is 358 g/mol. The molecule has 0 spiro atoms. The van der Waals surface area contributed by atoms with Crippen LogP contribution in [0.25, 0.3) is 10.6 Å². The summed E-state index contributed by atoms with van der Waals surface area (Å²) in [5.74, 6) is -0.231. The number of nitrogens with zero attached hydrogens (tertiary/aromatic N) is 1. The average Bonchev–Trinajstić information content (AvgIpc) is 3.38. The molecule has 3 aromatic rings. The lowest BCUT2D eigenvalue weighted by molar-refractivity contribution is 0.0940. The lowest BCUT2D eigenvalue weighted by Gasteiger charge is -2.04. The van der Waals surface area contributed by atoms with Crippen molar-refractivity contribution in [2.24, 2.45) is 0 Å². The van der Waals surface area contributed by atoms with E-state index in [1.807, 2.05) is 42.5 Å². The van der Waals surface area contributed by atoms with Gasteiger partial charge in [0.2, 0.25) is 0 Å². The molecule has 0 atom stereocenters. The van der Waals surface area contributed by atoms with Crippen molar-refractivity contribution in [3.63, 3.8) is 0 Å². The quantitative estimate of drug-likeness (QED) is 0.689.